The van der Waals surface area contributed by atoms with E-state index in [4.69, 9.17) is 9.47 Å². The van der Waals surface area contributed by atoms with Crippen LogP contribution >= 0.6 is 0 Å². The van der Waals surface area contributed by atoms with Crippen LogP contribution in [0, 0.1) is 29.1 Å². The van der Waals surface area contributed by atoms with E-state index >= 15 is 0 Å². The van der Waals surface area contributed by atoms with Crippen LogP contribution in [0.25, 0.3) is 0 Å². The van der Waals surface area contributed by atoms with E-state index in [1.807, 2.05) is 18.2 Å². The zero-order chi connectivity index (χ0) is 16.1. The van der Waals surface area contributed by atoms with Crippen LogP contribution in [-0.2, 0) is 20.9 Å². The molecule has 0 heterocycles. The number of fused-ring (bicyclic) bond motifs is 4. The number of hydrogen-bond acceptors (Lipinski definition) is 3. The molecule has 3 saturated carbocycles. The molecule has 0 amide bonds. The SMILES string of the molecule is O=C1[C@H]2CC(OCOCc3ccccc3)C[C@@H]1[C@H]1C=C[C@@H]2C12CC2. The minimum atomic E-state index is 0.175. The topological polar surface area (TPSA) is 35.5 Å². The summed E-state index contributed by atoms with van der Waals surface area (Å²) < 4.78 is 11.7. The maximum Gasteiger partial charge on any atom is 0.147 e. The second-order valence-electron chi connectivity index (χ2n) is 8.00. The molecule has 0 aromatic heterocycles. The Kier molecular flexibility index (Phi) is 3.43. The largest absolute Gasteiger partial charge is 0.352 e. The van der Waals surface area contributed by atoms with Crippen molar-refractivity contribution in [2.75, 3.05) is 6.79 Å². The molecule has 3 nitrogen and oxygen atoms in total. The molecule has 4 aliphatic carbocycles. The summed E-state index contributed by atoms with van der Waals surface area (Å²) in [6.07, 6.45) is 9.29. The van der Waals surface area contributed by atoms with Gasteiger partial charge in [0.2, 0.25) is 0 Å². The van der Waals surface area contributed by atoms with Gasteiger partial charge < -0.3 is 9.47 Å². The molecule has 5 rings (SSSR count). The summed E-state index contributed by atoms with van der Waals surface area (Å²) in [6, 6.07) is 10.2. The quantitative estimate of drug-likeness (QED) is 0.470. The molecule has 0 radical (unpaired) electrons. The fraction of sp³-hybridized carbons (Fsp3) is 0.571. The lowest BCUT2D eigenvalue weighted by Crippen LogP contribution is -2.50. The summed E-state index contributed by atoms with van der Waals surface area (Å²) in [5, 5.41) is 0. The molecule has 4 bridgehead atoms. The van der Waals surface area contributed by atoms with Crippen LogP contribution in [0.5, 0.6) is 0 Å². The summed E-state index contributed by atoms with van der Waals surface area (Å²) in [4.78, 5) is 12.7. The minimum Gasteiger partial charge on any atom is -0.352 e. The zero-order valence-corrected chi connectivity index (χ0v) is 13.9. The first-order chi connectivity index (χ1) is 11.8. The summed E-state index contributed by atoms with van der Waals surface area (Å²) in [6.45, 7) is 0.899. The monoisotopic (exact) mass is 324 g/mol. The number of Topliss-reactive ketones (excluding diaryl/α,β-unsaturated/α-hetero) is 1. The molecule has 0 N–H and O–H groups in total. The Labute approximate surface area is 143 Å². The molecule has 4 aliphatic rings. The van der Waals surface area contributed by atoms with Crippen molar-refractivity contribution in [3.63, 3.8) is 0 Å². The second-order valence-corrected chi connectivity index (χ2v) is 8.00. The molecule has 24 heavy (non-hydrogen) atoms. The fourth-order valence-corrected chi connectivity index (χ4v) is 5.56. The third-order valence-electron chi connectivity index (χ3n) is 6.81. The maximum atomic E-state index is 12.7. The lowest BCUT2D eigenvalue weighted by Gasteiger charge is -2.47. The standard InChI is InChI=1S/C21H24O3/c22-20-16-10-15(24-13-23-12-14-4-2-1-3-5-14)11-17(20)19-7-6-18(16)21(19)8-9-21/h1-7,15-19H,8-13H2/t15?,16-,17+,18-,19+. The highest BCUT2D eigenvalue weighted by Crippen LogP contribution is 2.70. The van der Waals surface area contributed by atoms with Gasteiger partial charge in [-0.15, -0.1) is 0 Å². The van der Waals surface area contributed by atoms with Gasteiger partial charge in [0.15, 0.2) is 0 Å². The molecule has 0 aliphatic heterocycles. The average Bonchev–Trinajstić information content (AvgIpc) is 3.30. The first-order valence-corrected chi connectivity index (χ1v) is 9.23. The Balaban J connectivity index is 1.18. The lowest BCUT2D eigenvalue weighted by atomic mass is 9.57. The third-order valence-corrected chi connectivity index (χ3v) is 6.81. The van der Waals surface area contributed by atoms with Gasteiger partial charge in [-0.05, 0) is 48.5 Å². The lowest BCUT2D eigenvalue weighted by molar-refractivity contribution is -0.157. The number of rotatable bonds is 5. The number of benzene rings is 1. The van der Waals surface area contributed by atoms with Crippen LogP contribution in [0.15, 0.2) is 42.5 Å². The van der Waals surface area contributed by atoms with Crippen molar-refractivity contribution >= 4 is 5.78 Å². The number of carbonyl (C=O) groups is 1. The molecule has 3 heteroatoms. The van der Waals surface area contributed by atoms with Crippen LogP contribution in [0.1, 0.15) is 31.2 Å². The number of ether oxygens (including phenoxy) is 2. The molecule has 1 aromatic carbocycles. The summed E-state index contributed by atoms with van der Waals surface area (Å²) in [5.74, 6) is 1.88. The van der Waals surface area contributed by atoms with Gasteiger partial charge in [-0.2, -0.15) is 0 Å². The van der Waals surface area contributed by atoms with Crippen LogP contribution in [-0.4, -0.2) is 18.7 Å². The Hall–Kier alpha value is -1.45. The molecule has 3 fully saturated rings. The Morgan fingerprint density at radius 2 is 1.67 bits per heavy atom. The second kappa shape index (κ2) is 5.53. The van der Waals surface area contributed by atoms with Gasteiger partial charge in [-0.3, -0.25) is 4.79 Å². The van der Waals surface area contributed by atoms with Crippen LogP contribution in [0.2, 0.25) is 0 Å². The smallest absolute Gasteiger partial charge is 0.147 e. The highest BCUT2D eigenvalue weighted by Gasteiger charge is 2.66. The molecular formula is C21H24O3. The molecule has 1 unspecified atom stereocenters. The maximum absolute atomic E-state index is 12.7. The first-order valence-electron chi connectivity index (χ1n) is 9.23. The van der Waals surface area contributed by atoms with E-state index in [0.717, 1.165) is 18.4 Å². The average molecular weight is 324 g/mol. The van der Waals surface area contributed by atoms with Crippen LogP contribution < -0.4 is 0 Å². The van der Waals surface area contributed by atoms with E-state index in [-0.39, 0.29) is 17.9 Å². The summed E-state index contributed by atoms with van der Waals surface area (Å²) in [7, 11) is 0. The van der Waals surface area contributed by atoms with Gasteiger partial charge in [-0.1, -0.05) is 42.5 Å². The highest BCUT2D eigenvalue weighted by atomic mass is 16.7. The minimum absolute atomic E-state index is 0.175. The van der Waals surface area contributed by atoms with E-state index in [1.165, 1.54) is 12.8 Å². The Bertz CT molecular complexity index is 633. The zero-order valence-electron chi connectivity index (χ0n) is 13.9. The van der Waals surface area contributed by atoms with Crippen molar-refractivity contribution in [1.82, 2.24) is 0 Å². The van der Waals surface area contributed by atoms with Gasteiger partial charge in [0, 0.05) is 11.8 Å². The molecule has 0 saturated heterocycles. The van der Waals surface area contributed by atoms with Gasteiger partial charge >= 0.3 is 0 Å². The van der Waals surface area contributed by atoms with Crippen molar-refractivity contribution in [2.45, 2.75) is 38.4 Å². The normalized spacial score (nSPS) is 37.8. The van der Waals surface area contributed by atoms with Crippen molar-refractivity contribution < 1.29 is 14.3 Å². The predicted octanol–water partition coefficient (Wildman–Crippen LogP) is 3.74. The van der Waals surface area contributed by atoms with E-state index in [0.29, 0.717) is 36.4 Å². The van der Waals surface area contributed by atoms with Crippen molar-refractivity contribution in [3.8, 4) is 0 Å². The predicted molar refractivity (Wildman–Crippen MR) is 90.0 cm³/mol. The van der Waals surface area contributed by atoms with E-state index < -0.39 is 0 Å². The first kappa shape index (κ1) is 14.9. The number of allylic oxidation sites excluding steroid dienone is 2. The summed E-state index contributed by atoms with van der Waals surface area (Å²) >= 11 is 0. The molecule has 126 valence electrons. The van der Waals surface area contributed by atoms with Crippen molar-refractivity contribution in [1.29, 1.82) is 0 Å². The van der Waals surface area contributed by atoms with Gasteiger partial charge in [0.05, 0.1) is 12.7 Å². The molecule has 5 atom stereocenters. The Morgan fingerprint density at radius 1 is 1.00 bits per heavy atom. The van der Waals surface area contributed by atoms with E-state index in [9.17, 15) is 4.79 Å². The molecule has 1 spiro atoms. The van der Waals surface area contributed by atoms with Crippen LogP contribution in [0.3, 0.4) is 0 Å². The van der Waals surface area contributed by atoms with Gasteiger partial charge in [0.1, 0.15) is 12.6 Å². The van der Waals surface area contributed by atoms with E-state index in [2.05, 4.69) is 24.3 Å². The molecular weight excluding hydrogens is 300 g/mol. The highest BCUT2D eigenvalue weighted by molar-refractivity contribution is 5.87. The third kappa shape index (κ3) is 2.21. The van der Waals surface area contributed by atoms with Crippen LogP contribution in [0.4, 0.5) is 0 Å². The molecule has 1 aromatic rings. The van der Waals surface area contributed by atoms with Gasteiger partial charge in [-0.25, -0.2) is 0 Å². The fourth-order valence-electron chi connectivity index (χ4n) is 5.56. The van der Waals surface area contributed by atoms with Crippen molar-refractivity contribution in [3.05, 3.63) is 48.0 Å². The van der Waals surface area contributed by atoms with Crippen molar-refractivity contribution in [2.24, 2.45) is 29.1 Å². The number of hydrogen-bond donors (Lipinski definition) is 0. The van der Waals surface area contributed by atoms with E-state index in [1.54, 1.807) is 0 Å². The summed E-state index contributed by atoms with van der Waals surface area (Å²) in [5.41, 5.74) is 1.63. The van der Waals surface area contributed by atoms with Gasteiger partial charge in [0.25, 0.3) is 0 Å². The number of carbonyl (C=O) groups excluding carboxylic acids is 1. The number of ketones is 1. The Morgan fingerprint density at radius 3 is 2.29 bits per heavy atom.